The first-order chi connectivity index (χ1) is 15.7. The van der Waals surface area contributed by atoms with E-state index < -0.39 is 12.0 Å². The fraction of sp³-hybridized carbons (Fsp3) is 0.522. The first kappa shape index (κ1) is 23.2. The Morgan fingerprint density at radius 2 is 1.91 bits per heavy atom. The van der Waals surface area contributed by atoms with Crippen LogP contribution in [0.15, 0.2) is 30.6 Å². The van der Waals surface area contributed by atoms with Gasteiger partial charge in [0.25, 0.3) is 0 Å². The number of halogens is 2. The molecule has 1 fully saturated rings. The number of rotatable bonds is 5. The van der Waals surface area contributed by atoms with E-state index in [4.69, 9.17) is 5.11 Å². The first-order valence-corrected chi connectivity index (χ1v) is 11.2. The van der Waals surface area contributed by atoms with Crippen LogP contribution in [0.2, 0.25) is 0 Å². The summed E-state index contributed by atoms with van der Waals surface area (Å²) in [5.41, 5.74) is 2.39. The lowest BCUT2D eigenvalue weighted by Gasteiger charge is -2.41. The topological polar surface area (TPSA) is 98.9 Å². The van der Waals surface area contributed by atoms with Crippen molar-refractivity contribution < 1.29 is 28.6 Å². The first-order valence-electron chi connectivity index (χ1n) is 11.2. The molecule has 1 atom stereocenters. The van der Waals surface area contributed by atoms with Crippen LogP contribution in [0.5, 0.6) is 0 Å². The SMILES string of the molecule is C[C@H]1CN(C(=O)O)c2cc(-c3cnn(CCO)c3)ccc2N1C(=O)CC1CCC(F)(F)CC1. The average molecular weight is 462 g/mol. The largest absolute Gasteiger partial charge is 0.465 e. The van der Waals surface area contributed by atoms with Crippen molar-refractivity contribution in [3.8, 4) is 11.1 Å². The van der Waals surface area contributed by atoms with Gasteiger partial charge in [-0.1, -0.05) is 6.07 Å². The Kier molecular flexibility index (Phi) is 6.38. The molecule has 1 aliphatic heterocycles. The Balaban J connectivity index is 1.61. The second kappa shape index (κ2) is 9.09. The summed E-state index contributed by atoms with van der Waals surface area (Å²) in [5.74, 6) is -2.91. The van der Waals surface area contributed by atoms with E-state index in [0.29, 0.717) is 30.8 Å². The molecule has 0 bridgehead atoms. The van der Waals surface area contributed by atoms with E-state index in [9.17, 15) is 23.5 Å². The number of aliphatic hydroxyl groups excluding tert-OH is 1. The zero-order chi connectivity index (χ0) is 23.8. The molecule has 33 heavy (non-hydrogen) atoms. The lowest BCUT2D eigenvalue weighted by atomic mass is 9.84. The number of nitrogens with zero attached hydrogens (tertiary/aromatic N) is 4. The second-order valence-electron chi connectivity index (χ2n) is 8.93. The summed E-state index contributed by atoms with van der Waals surface area (Å²) in [5, 5.41) is 23.1. The number of carboxylic acid groups (broad SMARTS) is 1. The van der Waals surface area contributed by atoms with Crippen LogP contribution in [0.25, 0.3) is 11.1 Å². The summed E-state index contributed by atoms with van der Waals surface area (Å²) >= 11 is 0. The molecule has 10 heteroatoms. The summed E-state index contributed by atoms with van der Waals surface area (Å²) in [6, 6.07) is 4.87. The molecule has 178 valence electrons. The molecule has 2 N–H and O–H groups in total. The number of carbonyl (C=O) groups excluding carboxylic acids is 1. The maximum Gasteiger partial charge on any atom is 0.411 e. The number of aromatic nitrogens is 2. The standard InChI is InChI=1S/C23H28F2N4O4/c1-15-13-28(22(32)33)20-11-17(18-12-26-27(14-18)8-9-30)2-3-19(20)29(15)21(31)10-16-4-6-23(24,25)7-5-16/h2-3,11-12,14-16,30H,4-10,13H2,1H3,(H,32,33)/t15-/m0/s1. The molecule has 0 saturated heterocycles. The highest BCUT2D eigenvalue weighted by atomic mass is 19.3. The van der Waals surface area contributed by atoms with Crippen molar-refractivity contribution in [2.75, 3.05) is 23.0 Å². The van der Waals surface area contributed by atoms with Crippen LogP contribution in [-0.2, 0) is 11.3 Å². The van der Waals surface area contributed by atoms with Gasteiger partial charge in [0.05, 0.1) is 36.8 Å². The van der Waals surface area contributed by atoms with E-state index in [1.165, 1.54) is 4.90 Å². The normalized spacial score (nSPS) is 20.5. The quantitative estimate of drug-likeness (QED) is 0.700. The number of benzene rings is 1. The van der Waals surface area contributed by atoms with Gasteiger partial charge >= 0.3 is 6.09 Å². The number of hydrogen-bond acceptors (Lipinski definition) is 4. The number of fused-ring (bicyclic) bond motifs is 1. The van der Waals surface area contributed by atoms with Gasteiger partial charge in [-0.2, -0.15) is 5.10 Å². The number of alkyl halides is 2. The molecule has 0 unspecified atom stereocenters. The van der Waals surface area contributed by atoms with E-state index in [0.717, 1.165) is 11.1 Å². The van der Waals surface area contributed by atoms with Gasteiger partial charge in [-0.05, 0) is 43.4 Å². The zero-order valence-electron chi connectivity index (χ0n) is 18.5. The fourth-order valence-electron chi connectivity index (χ4n) is 4.75. The van der Waals surface area contributed by atoms with Gasteiger partial charge in [-0.3, -0.25) is 14.4 Å². The van der Waals surface area contributed by atoms with Crippen LogP contribution in [0.4, 0.5) is 25.0 Å². The lowest BCUT2D eigenvalue weighted by molar-refractivity contribution is -0.121. The Hall–Kier alpha value is -3.01. The number of aliphatic hydroxyl groups is 1. The molecule has 0 radical (unpaired) electrons. The maximum absolute atomic E-state index is 13.5. The van der Waals surface area contributed by atoms with Gasteiger partial charge in [0.2, 0.25) is 11.8 Å². The van der Waals surface area contributed by atoms with Crippen molar-refractivity contribution >= 4 is 23.4 Å². The molecule has 2 heterocycles. The van der Waals surface area contributed by atoms with Crippen LogP contribution in [-0.4, -0.2) is 57.1 Å². The monoisotopic (exact) mass is 462 g/mol. The summed E-state index contributed by atoms with van der Waals surface area (Å²) < 4.78 is 28.6. The predicted octanol–water partition coefficient (Wildman–Crippen LogP) is 3.98. The summed E-state index contributed by atoms with van der Waals surface area (Å²) in [4.78, 5) is 28.0. The van der Waals surface area contributed by atoms with Crippen molar-refractivity contribution in [3.63, 3.8) is 0 Å². The van der Waals surface area contributed by atoms with Crippen molar-refractivity contribution in [3.05, 3.63) is 30.6 Å². The van der Waals surface area contributed by atoms with Gasteiger partial charge in [0, 0.05) is 37.6 Å². The molecule has 4 rings (SSSR count). The molecule has 2 amide bonds. The number of anilines is 2. The minimum Gasteiger partial charge on any atom is -0.465 e. The Morgan fingerprint density at radius 3 is 2.58 bits per heavy atom. The van der Waals surface area contributed by atoms with Gasteiger partial charge in [0.1, 0.15) is 0 Å². The van der Waals surface area contributed by atoms with Gasteiger partial charge in [-0.25, -0.2) is 13.6 Å². The van der Waals surface area contributed by atoms with Gasteiger partial charge in [0.15, 0.2) is 0 Å². The highest BCUT2D eigenvalue weighted by Gasteiger charge is 2.39. The zero-order valence-corrected chi connectivity index (χ0v) is 18.5. The van der Waals surface area contributed by atoms with Gasteiger partial charge < -0.3 is 15.1 Å². The molecular formula is C23H28F2N4O4. The summed E-state index contributed by atoms with van der Waals surface area (Å²) in [6.07, 6.45) is 2.68. The minimum absolute atomic E-state index is 0.0499. The third-order valence-corrected chi connectivity index (χ3v) is 6.51. The maximum atomic E-state index is 13.5. The third-order valence-electron chi connectivity index (χ3n) is 6.51. The van der Waals surface area contributed by atoms with Crippen LogP contribution in [0.1, 0.15) is 39.0 Å². The van der Waals surface area contributed by atoms with E-state index in [1.54, 1.807) is 47.1 Å². The molecule has 0 spiro atoms. The molecule has 1 aromatic carbocycles. The molecule has 1 aromatic heterocycles. The van der Waals surface area contributed by atoms with Crippen molar-refractivity contribution in [1.82, 2.24) is 9.78 Å². The molecular weight excluding hydrogens is 434 g/mol. The number of carbonyl (C=O) groups is 2. The van der Waals surface area contributed by atoms with E-state index >= 15 is 0 Å². The highest BCUT2D eigenvalue weighted by Crippen LogP contribution is 2.41. The Labute approximate surface area is 190 Å². The third kappa shape index (κ3) is 4.85. The van der Waals surface area contributed by atoms with Crippen molar-refractivity contribution in [1.29, 1.82) is 0 Å². The fourth-order valence-corrected chi connectivity index (χ4v) is 4.75. The van der Waals surface area contributed by atoms with Gasteiger partial charge in [-0.15, -0.1) is 0 Å². The Bertz CT molecular complexity index is 1030. The number of hydrogen-bond donors (Lipinski definition) is 2. The molecule has 8 nitrogen and oxygen atoms in total. The van der Waals surface area contributed by atoms with E-state index in [-0.39, 0.29) is 50.3 Å². The van der Waals surface area contributed by atoms with Crippen LogP contribution in [0, 0.1) is 5.92 Å². The summed E-state index contributed by atoms with van der Waals surface area (Å²) in [6.45, 7) is 2.20. The minimum atomic E-state index is -2.64. The number of amides is 2. The smallest absolute Gasteiger partial charge is 0.411 e. The molecule has 2 aromatic rings. The highest BCUT2D eigenvalue weighted by molar-refractivity contribution is 6.03. The van der Waals surface area contributed by atoms with E-state index in [2.05, 4.69) is 5.10 Å². The molecule has 1 aliphatic carbocycles. The lowest BCUT2D eigenvalue weighted by Crippen LogP contribution is -2.52. The molecule has 1 saturated carbocycles. The second-order valence-corrected chi connectivity index (χ2v) is 8.93. The predicted molar refractivity (Wildman–Crippen MR) is 119 cm³/mol. The van der Waals surface area contributed by atoms with Crippen LogP contribution in [0.3, 0.4) is 0 Å². The van der Waals surface area contributed by atoms with Crippen LogP contribution < -0.4 is 9.80 Å². The summed E-state index contributed by atoms with van der Waals surface area (Å²) in [7, 11) is 0. The van der Waals surface area contributed by atoms with Crippen molar-refractivity contribution in [2.45, 2.75) is 57.5 Å². The van der Waals surface area contributed by atoms with Crippen LogP contribution >= 0.6 is 0 Å². The van der Waals surface area contributed by atoms with E-state index in [1.807, 2.05) is 0 Å². The molecule has 2 aliphatic rings. The average Bonchev–Trinajstić information content (AvgIpc) is 3.23. The van der Waals surface area contributed by atoms with Crippen molar-refractivity contribution in [2.24, 2.45) is 5.92 Å². The Morgan fingerprint density at radius 1 is 1.18 bits per heavy atom.